The third kappa shape index (κ3) is 3.83. The standard InChI is InChI=1S/C18H14F2N4OS/c19-17(20)24-15-8-4-3-7-14(15)23-18(24)26-10-9-16(25)22-13-6-2-1-5-12(13)11-21/h1-8,17H,9-10H2,(H,22,25). The van der Waals surface area contributed by atoms with Gasteiger partial charge in [0, 0.05) is 12.2 Å². The number of fused-ring (bicyclic) bond motifs is 1. The van der Waals surface area contributed by atoms with Crippen LogP contribution in [-0.2, 0) is 4.79 Å². The number of benzene rings is 2. The van der Waals surface area contributed by atoms with Gasteiger partial charge in [-0.2, -0.15) is 14.0 Å². The Morgan fingerprint density at radius 1 is 1.23 bits per heavy atom. The SMILES string of the molecule is N#Cc1ccccc1NC(=O)CCSc1nc2ccccc2n1C(F)F. The summed E-state index contributed by atoms with van der Waals surface area (Å²) in [5.74, 6) is -0.00346. The number of hydrogen-bond acceptors (Lipinski definition) is 4. The number of thioether (sulfide) groups is 1. The highest BCUT2D eigenvalue weighted by Crippen LogP contribution is 2.29. The summed E-state index contributed by atoms with van der Waals surface area (Å²) in [4.78, 5) is 16.3. The summed E-state index contributed by atoms with van der Waals surface area (Å²) in [6, 6.07) is 15.3. The maximum atomic E-state index is 13.3. The van der Waals surface area contributed by atoms with Crippen LogP contribution in [0.5, 0.6) is 0 Å². The van der Waals surface area contributed by atoms with Crippen LogP contribution in [0.15, 0.2) is 53.7 Å². The number of halogens is 2. The van der Waals surface area contributed by atoms with Gasteiger partial charge in [0.25, 0.3) is 0 Å². The van der Waals surface area contributed by atoms with E-state index < -0.39 is 6.55 Å². The van der Waals surface area contributed by atoms with Gasteiger partial charge in [0.1, 0.15) is 6.07 Å². The first-order valence-electron chi connectivity index (χ1n) is 7.77. The molecule has 1 heterocycles. The van der Waals surface area contributed by atoms with E-state index in [0.717, 1.165) is 16.3 Å². The van der Waals surface area contributed by atoms with Crippen LogP contribution < -0.4 is 5.32 Å². The Morgan fingerprint density at radius 3 is 2.73 bits per heavy atom. The Hall–Kier alpha value is -2.92. The van der Waals surface area contributed by atoms with Crippen molar-refractivity contribution < 1.29 is 13.6 Å². The van der Waals surface area contributed by atoms with E-state index in [1.54, 1.807) is 48.5 Å². The fourth-order valence-electron chi connectivity index (χ4n) is 2.45. The molecular weight excluding hydrogens is 358 g/mol. The number of carbonyl (C=O) groups is 1. The lowest BCUT2D eigenvalue weighted by atomic mass is 10.2. The predicted molar refractivity (Wildman–Crippen MR) is 96.1 cm³/mol. The zero-order valence-electron chi connectivity index (χ0n) is 13.5. The van der Waals surface area contributed by atoms with Crippen LogP contribution in [0, 0.1) is 11.3 Å². The van der Waals surface area contributed by atoms with Gasteiger partial charge in [0.15, 0.2) is 5.16 Å². The average molecular weight is 372 g/mol. The number of nitriles is 1. The number of anilines is 1. The van der Waals surface area contributed by atoms with Crippen LogP contribution in [-0.4, -0.2) is 21.2 Å². The number of imidazole rings is 1. The fraction of sp³-hybridized carbons (Fsp3) is 0.167. The summed E-state index contributed by atoms with van der Waals surface area (Å²) in [5, 5.41) is 11.9. The van der Waals surface area contributed by atoms with Gasteiger partial charge in [0.2, 0.25) is 5.91 Å². The number of nitrogens with one attached hydrogen (secondary N) is 1. The first-order valence-corrected chi connectivity index (χ1v) is 8.75. The highest BCUT2D eigenvalue weighted by Gasteiger charge is 2.18. The van der Waals surface area contributed by atoms with Crippen LogP contribution in [0.1, 0.15) is 18.5 Å². The van der Waals surface area contributed by atoms with Crippen LogP contribution >= 0.6 is 11.8 Å². The molecule has 8 heteroatoms. The number of carbonyl (C=O) groups excluding carboxylic acids is 1. The molecule has 0 radical (unpaired) electrons. The molecule has 0 unspecified atom stereocenters. The Balaban J connectivity index is 1.65. The molecule has 5 nitrogen and oxygen atoms in total. The molecule has 132 valence electrons. The minimum atomic E-state index is -2.71. The van der Waals surface area contributed by atoms with Crippen molar-refractivity contribution in [1.29, 1.82) is 5.26 Å². The maximum absolute atomic E-state index is 13.3. The number of para-hydroxylation sites is 3. The lowest BCUT2D eigenvalue weighted by Crippen LogP contribution is -2.13. The third-order valence-electron chi connectivity index (χ3n) is 3.64. The third-order valence-corrected chi connectivity index (χ3v) is 4.59. The number of hydrogen-bond donors (Lipinski definition) is 1. The lowest BCUT2D eigenvalue weighted by molar-refractivity contribution is -0.115. The van der Waals surface area contributed by atoms with Crippen molar-refractivity contribution in [3.63, 3.8) is 0 Å². The van der Waals surface area contributed by atoms with E-state index in [1.165, 1.54) is 0 Å². The predicted octanol–water partition coefficient (Wildman–Crippen LogP) is 4.42. The molecule has 26 heavy (non-hydrogen) atoms. The van der Waals surface area contributed by atoms with Crippen LogP contribution in [0.2, 0.25) is 0 Å². The molecule has 0 saturated carbocycles. The maximum Gasteiger partial charge on any atom is 0.321 e. The largest absolute Gasteiger partial charge is 0.325 e. The number of aromatic nitrogens is 2. The molecule has 0 atom stereocenters. The van der Waals surface area contributed by atoms with Crippen LogP contribution in [0.4, 0.5) is 14.5 Å². The Labute approximate surface area is 152 Å². The summed E-state index contributed by atoms with van der Waals surface area (Å²) in [7, 11) is 0. The summed E-state index contributed by atoms with van der Waals surface area (Å²) in [6.45, 7) is -2.71. The van der Waals surface area contributed by atoms with E-state index in [2.05, 4.69) is 10.3 Å². The Kier molecular flexibility index (Phi) is 5.49. The molecule has 1 N–H and O–H groups in total. The monoisotopic (exact) mass is 372 g/mol. The van der Waals surface area contributed by atoms with Gasteiger partial charge in [-0.25, -0.2) is 4.98 Å². The van der Waals surface area contributed by atoms with Crippen molar-refractivity contribution in [2.45, 2.75) is 18.1 Å². The van der Waals surface area contributed by atoms with E-state index in [0.29, 0.717) is 22.3 Å². The normalized spacial score (nSPS) is 10.8. The average Bonchev–Trinajstić information content (AvgIpc) is 3.00. The van der Waals surface area contributed by atoms with Gasteiger partial charge in [-0.3, -0.25) is 9.36 Å². The van der Waals surface area contributed by atoms with Crippen molar-refractivity contribution >= 4 is 34.4 Å². The molecule has 2 aromatic carbocycles. The summed E-state index contributed by atoms with van der Waals surface area (Å²) in [5.41, 5.74) is 1.65. The van der Waals surface area contributed by atoms with E-state index in [-0.39, 0.29) is 23.2 Å². The molecule has 0 aliphatic rings. The number of rotatable bonds is 6. The van der Waals surface area contributed by atoms with E-state index in [9.17, 15) is 13.6 Å². The second-order valence-corrected chi connectivity index (χ2v) is 6.40. The lowest BCUT2D eigenvalue weighted by Gasteiger charge is -2.08. The number of nitrogens with zero attached hydrogens (tertiary/aromatic N) is 3. The molecule has 3 aromatic rings. The highest BCUT2D eigenvalue weighted by atomic mass is 32.2. The van der Waals surface area contributed by atoms with Gasteiger partial charge in [-0.1, -0.05) is 36.0 Å². The number of amides is 1. The van der Waals surface area contributed by atoms with Crippen molar-refractivity contribution in [3.8, 4) is 6.07 Å². The zero-order chi connectivity index (χ0) is 18.5. The van der Waals surface area contributed by atoms with Crippen LogP contribution in [0.25, 0.3) is 11.0 Å². The Bertz CT molecular complexity index is 981. The first kappa shape index (κ1) is 17.9. The van der Waals surface area contributed by atoms with Crippen molar-refractivity contribution in [1.82, 2.24) is 9.55 Å². The van der Waals surface area contributed by atoms with Gasteiger partial charge >= 0.3 is 6.55 Å². The smallest absolute Gasteiger partial charge is 0.321 e. The molecule has 0 fully saturated rings. The minimum absolute atomic E-state index is 0.108. The highest BCUT2D eigenvalue weighted by molar-refractivity contribution is 7.99. The molecule has 1 aromatic heterocycles. The first-order chi connectivity index (χ1) is 12.6. The minimum Gasteiger partial charge on any atom is -0.325 e. The topological polar surface area (TPSA) is 70.7 Å². The quantitative estimate of drug-likeness (QED) is 0.650. The summed E-state index contributed by atoms with van der Waals surface area (Å²) in [6.07, 6.45) is 0.108. The van der Waals surface area contributed by atoms with Gasteiger partial charge in [-0.15, -0.1) is 0 Å². The molecule has 0 spiro atoms. The van der Waals surface area contributed by atoms with Crippen molar-refractivity contribution in [2.24, 2.45) is 0 Å². The van der Waals surface area contributed by atoms with Crippen molar-refractivity contribution in [2.75, 3.05) is 11.1 Å². The molecule has 0 aliphatic heterocycles. The molecule has 0 aliphatic carbocycles. The van der Waals surface area contributed by atoms with Crippen molar-refractivity contribution in [3.05, 3.63) is 54.1 Å². The summed E-state index contributed by atoms with van der Waals surface area (Å²) >= 11 is 1.10. The second kappa shape index (κ2) is 7.97. The molecule has 3 rings (SSSR count). The Morgan fingerprint density at radius 2 is 1.96 bits per heavy atom. The van der Waals surface area contributed by atoms with Gasteiger partial charge in [-0.05, 0) is 24.3 Å². The second-order valence-electron chi connectivity index (χ2n) is 5.33. The number of alkyl halides is 2. The van der Waals surface area contributed by atoms with E-state index in [1.807, 2.05) is 6.07 Å². The molecule has 0 saturated heterocycles. The molecule has 1 amide bonds. The molecule has 0 bridgehead atoms. The molecular formula is C18H14F2N4OS. The van der Waals surface area contributed by atoms with E-state index in [4.69, 9.17) is 5.26 Å². The van der Waals surface area contributed by atoms with Gasteiger partial charge in [0.05, 0.1) is 22.3 Å². The van der Waals surface area contributed by atoms with Gasteiger partial charge < -0.3 is 5.32 Å². The van der Waals surface area contributed by atoms with E-state index >= 15 is 0 Å². The fourth-order valence-corrected chi connectivity index (χ4v) is 3.40. The van der Waals surface area contributed by atoms with Crippen LogP contribution in [0.3, 0.4) is 0 Å². The zero-order valence-corrected chi connectivity index (χ0v) is 14.3. The summed E-state index contributed by atoms with van der Waals surface area (Å²) < 4.78 is 27.6.